The first-order valence-corrected chi connectivity index (χ1v) is 7.92. The lowest BCUT2D eigenvalue weighted by Gasteiger charge is -2.38. The minimum atomic E-state index is 0.0298. The summed E-state index contributed by atoms with van der Waals surface area (Å²) in [6, 6.07) is 10.1. The predicted octanol–water partition coefficient (Wildman–Crippen LogP) is 3.60. The fraction of sp³-hybridized carbons (Fsp3) is 0.412. The van der Waals surface area contributed by atoms with Gasteiger partial charge in [0.15, 0.2) is 0 Å². The molecule has 22 heavy (non-hydrogen) atoms. The van der Waals surface area contributed by atoms with Crippen LogP contribution >= 0.6 is 11.6 Å². The van der Waals surface area contributed by atoms with Crippen LogP contribution in [0.5, 0.6) is 0 Å². The van der Waals surface area contributed by atoms with Crippen molar-refractivity contribution in [2.45, 2.75) is 25.2 Å². The number of nitrogens with one attached hydrogen (secondary N) is 1. The molecule has 0 spiro atoms. The van der Waals surface area contributed by atoms with Crippen LogP contribution in [0.2, 0.25) is 5.02 Å². The number of ether oxygens (including phenoxy) is 1. The fourth-order valence-corrected chi connectivity index (χ4v) is 3.15. The summed E-state index contributed by atoms with van der Waals surface area (Å²) >= 11 is 6.19. The van der Waals surface area contributed by atoms with E-state index < -0.39 is 0 Å². The molecule has 1 aromatic carbocycles. The minimum absolute atomic E-state index is 0.0298. The topological polar surface area (TPSA) is 47.0 Å². The van der Waals surface area contributed by atoms with Gasteiger partial charge >= 0.3 is 0 Å². The van der Waals surface area contributed by atoms with Crippen LogP contribution in [0.15, 0.2) is 36.7 Å². The summed E-state index contributed by atoms with van der Waals surface area (Å²) in [6.45, 7) is 4.33. The summed E-state index contributed by atoms with van der Waals surface area (Å²) in [5.74, 6) is 0.861. The summed E-state index contributed by atoms with van der Waals surface area (Å²) in [7, 11) is 0. The van der Waals surface area contributed by atoms with Crippen LogP contribution in [-0.2, 0) is 10.2 Å². The highest BCUT2D eigenvalue weighted by atomic mass is 35.5. The van der Waals surface area contributed by atoms with Gasteiger partial charge in [0.2, 0.25) is 0 Å². The Labute approximate surface area is 135 Å². The van der Waals surface area contributed by atoms with Gasteiger partial charge in [0.25, 0.3) is 0 Å². The van der Waals surface area contributed by atoms with Crippen LogP contribution in [0.3, 0.4) is 0 Å². The number of hydrogen-bond donors (Lipinski definition) is 1. The van der Waals surface area contributed by atoms with Gasteiger partial charge in [0.1, 0.15) is 12.1 Å². The Morgan fingerprint density at radius 3 is 2.77 bits per heavy atom. The highest BCUT2D eigenvalue weighted by Gasteiger charge is 2.34. The summed E-state index contributed by atoms with van der Waals surface area (Å²) in [5, 5.41) is 4.24. The van der Waals surface area contributed by atoms with Crippen molar-refractivity contribution in [3.05, 3.63) is 52.9 Å². The number of hydrogen-bond acceptors (Lipinski definition) is 4. The van der Waals surface area contributed by atoms with E-state index in [2.05, 4.69) is 27.4 Å². The molecule has 2 aromatic rings. The first-order valence-electron chi connectivity index (χ1n) is 7.54. The van der Waals surface area contributed by atoms with Gasteiger partial charge in [-0.2, -0.15) is 0 Å². The Morgan fingerprint density at radius 1 is 1.23 bits per heavy atom. The van der Waals surface area contributed by atoms with Gasteiger partial charge in [0.05, 0.1) is 0 Å². The molecule has 3 rings (SSSR count). The van der Waals surface area contributed by atoms with Gasteiger partial charge in [-0.15, -0.1) is 0 Å². The molecule has 0 amide bonds. The molecular weight excluding hydrogens is 298 g/mol. The second-order valence-electron chi connectivity index (χ2n) is 5.80. The molecule has 1 fully saturated rings. The summed E-state index contributed by atoms with van der Waals surface area (Å²) in [4.78, 5) is 8.42. The average Bonchev–Trinajstić information content (AvgIpc) is 2.54. The smallest absolute Gasteiger partial charge is 0.129 e. The van der Waals surface area contributed by atoms with E-state index in [4.69, 9.17) is 16.3 Å². The Morgan fingerprint density at radius 2 is 2.05 bits per heavy atom. The molecule has 1 aliphatic heterocycles. The standard InChI is InChI=1S/C17H20ClN3O/c1-13-9-16(21-12-20-13)19-11-17(5-7-22-8-6-17)14-3-2-4-15(18)10-14/h2-4,9-10,12H,5-8,11H2,1H3,(H,19,20,21). The Bertz CT molecular complexity index is 641. The zero-order valence-corrected chi connectivity index (χ0v) is 13.4. The van der Waals surface area contributed by atoms with Crippen LogP contribution in [-0.4, -0.2) is 29.7 Å². The van der Waals surface area contributed by atoms with Crippen LogP contribution in [0.1, 0.15) is 24.1 Å². The molecule has 5 heteroatoms. The van der Waals surface area contributed by atoms with Crippen molar-refractivity contribution >= 4 is 17.4 Å². The highest BCUT2D eigenvalue weighted by Crippen LogP contribution is 2.36. The Hall–Kier alpha value is -1.65. The van der Waals surface area contributed by atoms with E-state index in [9.17, 15) is 0 Å². The number of benzene rings is 1. The predicted molar refractivity (Wildman–Crippen MR) is 88.4 cm³/mol. The monoisotopic (exact) mass is 317 g/mol. The quantitative estimate of drug-likeness (QED) is 0.936. The molecule has 2 heterocycles. The summed E-state index contributed by atoms with van der Waals surface area (Å²) < 4.78 is 5.56. The lowest BCUT2D eigenvalue weighted by Crippen LogP contribution is -2.40. The molecule has 1 aromatic heterocycles. The third-order valence-electron chi connectivity index (χ3n) is 4.30. The summed E-state index contributed by atoms with van der Waals surface area (Å²) in [5.41, 5.74) is 2.25. The van der Waals surface area contributed by atoms with Gasteiger partial charge in [0, 0.05) is 42.0 Å². The third-order valence-corrected chi connectivity index (χ3v) is 4.53. The van der Waals surface area contributed by atoms with Crippen molar-refractivity contribution < 1.29 is 4.74 Å². The number of nitrogens with zero attached hydrogens (tertiary/aromatic N) is 2. The van der Waals surface area contributed by atoms with E-state index in [-0.39, 0.29) is 5.41 Å². The van der Waals surface area contributed by atoms with Crippen molar-refractivity contribution in [1.29, 1.82) is 0 Å². The van der Waals surface area contributed by atoms with Crippen LogP contribution in [0.25, 0.3) is 0 Å². The lowest BCUT2D eigenvalue weighted by molar-refractivity contribution is 0.0543. The van der Waals surface area contributed by atoms with Gasteiger partial charge in [-0.25, -0.2) is 9.97 Å². The van der Waals surface area contributed by atoms with Gasteiger partial charge < -0.3 is 10.1 Å². The van der Waals surface area contributed by atoms with E-state index >= 15 is 0 Å². The van der Waals surface area contributed by atoms with Crippen molar-refractivity contribution in [2.24, 2.45) is 0 Å². The molecule has 0 aliphatic carbocycles. The third kappa shape index (κ3) is 3.39. The van der Waals surface area contributed by atoms with E-state index in [0.29, 0.717) is 0 Å². The Balaban J connectivity index is 1.83. The molecule has 0 bridgehead atoms. The second kappa shape index (κ2) is 6.63. The summed E-state index contributed by atoms with van der Waals surface area (Å²) in [6.07, 6.45) is 3.54. The van der Waals surface area contributed by atoms with Gasteiger partial charge in [-0.05, 0) is 37.5 Å². The molecular formula is C17H20ClN3O. The molecule has 4 nitrogen and oxygen atoms in total. The van der Waals surface area contributed by atoms with Crippen molar-refractivity contribution in [2.75, 3.05) is 25.1 Å². The fourth-order valence-electron chi connectivity index (χ4n) is 2.96. The van der Waals surface area contributed by atoms with Crippen LogP contribution in [0.4, 0.5) is 5.82 Å². The van der Waals surface area contributed by atoms with Crippen molar-refractivity contribution in [3.63, 3.8) is 0 Å². The lowest BCUT2D eigenvalue weighted by atomic mass is 9.74. The van der Waals surface area contributed by atoms with Crippen molar-refractivity contribution in [3.8, 4) is 0 Å². The first kappa shape index (κ1) is 15.3. The molecule has 1 saturated heterocycles. The molecule has 0 saturated carbocycles. The largest absolute Gasteiger partial charge is 0.381 e. The number of aryl methyl sites for hydroxylation is 1. The maximum atomic E-state index is 6.19. The SMILES string of the molecule is Cc1cc(NCC2(c3cccc(Cl)c3)CCOCC2)ncn1. The highest BCUT2D eigenvalue weighted by molar-refractivity contribution is 6.30. The molecule has 0 atom stereocenters. The van der Waals surface area contributed by atoms with Gasteiger partial charge in [-0.3, -0.25) is 0 Å². The van der Waals surface area contributed by atoms with E-state index in [1.807, 2.05) is 25.1 Å². The molecule has 1 N–H and O–H groups in total. The second-order valence-corrected chi connectivity index (χ2v) is 6.24. The molecule has 0 radical (unpaired) electrons. The number of anilines is 1. The number of rotatable bonds is 4. The minimum Gasteiger partial charge on any atom is -0.381 e. The number of aromatic nitrogens is 2. The number of halogens is 1. The van der Waals surface area contributed by atoms with E-state index in [0.717, 1.165) is 49.1 Å². The zero-order chi connectivity index (χ0) is 15.4. The van der Waals surface area contributed by atoms with Crippen molar-refractivity contribution in [1.82, 2.24) is 9.97 Å². The normalized spacial score (nSPS) is 17.2. The van der Waals surface area contributed by atoms with Crippen LogP contribution < -0.4 is 5.32 Å². The Kier molecular flexibility index (Phi) is 4.60. The molecule has 0 unspecified atom stereocenters. The maximum absolute atomic E-state index is 6.19. The average molecular weight is 318 g/mol. The van der Waals surface area contributed by atoms with E-state index in [1.165, 1.54) is 5.56 Å². The molecule has 1 aliphatic rings. The molecule has 116 valence electrons. The van der Waals surface area contributed by atoms with Crippen LogP contribution in [0, 0.1) is 6.92 Å². The van der Waals surface area contributed by atoms with E-state index in [1.54, 1.807) is 6.33 Å². The maximum Gasteiger partial charge on any atom is 0.129 e. The zero-order valence-electron chi connectivity index (χ0n) is 12.7. The van der Waals surface area contributed by atoms with Gasteiger partial charge in [-0.1, -0.05) is 23.7 Å². The first-order chi connectivity index (χ1) is 10.7.